The van der Waals surface area contributed by atoms with Gasteiger partial charge in [-0.15, -0.1) is 0 Å². The standard InChI is InChI=1S/C24H20N2O4/c27-19-11-5-4-10-18(19)26-22(17-9-6-14-25-15-17)21(23(29)24(26)30)20(28)13-12-16-7-2-1-3-8-16/h1-11,14-15,22,27,29H,12-13H2. The summed E-state index contributed by atoms with van der Waals surface area (Å²) in [6.07, 6.45) is 3.77. The van der Waals surface area contributed by atoms with E-state index in [4.69, 9.17) is 0 Å². The highest BCUT2D eigenvalue weighted by atomic mass is 16.3. The largest absolute Gasteiger partial charge is 0.506 e. The molecule has 3 aromatic rings. The molecular formula is C24H20N2O4. The topological polar surface area (TPSA) is 90.7 Å². The van der Waals surface area contributed by atoms with Crippen LogP contribution < -0.4 is 4.90 Å². The maximum absolute atomic E-state index is 13.1. The lowest BCUT2D eigenvalue weighted by molar-refractivity contribution is -0.118. The second kappa shape index (κ2) is 8.21. The van der Waals surface area contributed by atoms with E-state index in [1.165, 1.54) is 11.0 Å². The molecule has 2 heterocycles. The number of nitrogens with zero attached hydrogens (tertiary/aromatic N) is 2. The number of anilines is 1. The molecule has 1 atom stereocenters. The van der Waals surface area contributed by atoms with Crippen molar-refractivity contribution in [2.45, 2.75) is 18.9 Å². The molecule has 0 bridgehead atoms. The zero-order valence-corrected chi connectivity index (χ0v) is 16.1. The number of ketones is 1. The van der Waals surface area contributed by atoms with Crippen molar-refractivity contribution in [2.24, 2.45) is 0 Å². The van der Waals surface area contributed by atoms with Gasteiger partial charge in [-0.25, -0.2) is 0 Å². The van der Waals surface area contributed by atoms with Gasteiger partial charge in [0.15, 0.2) is 11.5 Å². The number of para-hydroxylation sites is 2. The highest BCUT2D eigenvalue weighted by Gasteiger charge is 2.44. The normalized spacial score (nSPS) is 16.2. The Morgan fingerprint density at radius 1 is 0.967 bits per heavy atom. The average Bonchev–Trinajstić information content (AvgIpc) is 3.04. The second-order valence-electron chi connectivity index (χ2n) is 7.02. The molecule has 0 radical (unpaired) electrons. The predicted octanol–water partition coefficient (Wildman–Crippen LogP) is 3.89. The minimum atomic E-state index is -0.872. The second-order valence-corrected chi connectivity index (χ2v) is 7.02. The fraction of sp³-hybridized carbons (Fsp3) is 0.125. The van der Waals surface area contributed by atoms with E-state index >= 15 is 0 Å². The van der Waals surface area contributed by atoms with Crippen LogP contribution in [0.3, 0.4) is 0 Å². The van der Waals surface area contributed by atoms with E-state index in [9.17, 15) is 19.8 Å². The number of benzene rings is 2. The van der Waals surface area contributed by atoms with Crippen LogP contribution in [0, 0.1) is 0 Å². The third kappa shape index (κ3) is 3.55. The molecule has 1 aliphatic heterocycles. The molecule has 150 valence electrons. The lowest BCUT2D eigenvalue weighted by Crippen LogP contribution is -2.31. The van der Waals surface area contributed by atoms with Crippen LogP contribution in [0.15, 0.2) is 90.5 Å². The summed E-state index contributed by atoms with van der Waals surface area (Å²) in [5, 5.41) is 21.0. The molecule has 6 heteroatoms. The van der Waals surface area contributed by atoms with Crippen molar-refractivity contribution in [3.63, 3.8) is 0 Å². The van der Waals surface area contributed by atoms with Gasteiger partial charge in [0.25, 0.3) is 5.91 Å². The first-order valence-corrected chi connectivity index (χ1v) is 9.59. The molecule has 2 N–H and O–H groups in total. The average molecular weight is 400 g/mol. The Labute approximate surface area is 173 Å². The van der Waals surface area contributed by atoms with Crippen molar-refractivity contribution >= 4 is 17.4 Å². The Kier molecular flexibility index (Phi) is 5.30. The minimum absolute atomic E-state index is 0.0205. The van der Waals surface area contributed by atoms with Crippen molar-refractivity contribution in [1.82, 2.24) is 4.98 Å². The van der Waals surface area contributed by atoms with Gasteiger partial charge in [0, 0.05) is 18.8 Å². The predicted molar refractivity (Wildman–Crippen MR) is 112 cm³/mol. The summed E-state index contributed by atoms with van der Waals surface area (Å²) in [5.41, 5.74) is 1.80. The number of aromatic nitrogens is 1. The first-order chi connectivity index (χ1) is 14.6. The Bertz CT molecular complexity index is 1110. The van der Waals surface area contributed by atoms with Gasteiger partial charge in [-0.1, -0.05) is 48.5 Å². The van der Waals surface area contributed by atoms with Gasteiger partial charge in [-0.3, -0.25) is 19.5 Å². The zero-order valence-electron chi connectivity index (χ0n) is 16.1. The molecule has 1 aliphatic rings. The highest BCUT2D eigenvalue weighted by molar-refractivity contribution is 6.16. The lowest BCUT2D eigenvalue weighted by Gasteiger charge is -2.27. The van der Waals surface area contributed by atoms with E-state index in [-0.39, 0.29) is 29.2 Å². The first kappa shape index (κ1) is 19.4. The van der Waals surface area contributed by atoms with Gasteiger partial charge < -0.3 is 10.2 Å². The van der Waals surface area contributed by atoms with Crippen LogP contribution in [0.5, 0.6) is 5.75 Å². The SMILES string of the molecule is O=C(CCc1ccccc1)C1=C(O)C(=O)N(c2ccccc2O)C1c1cccnc1. The van der Waals surface area contributed by atoms with Crippen LogP contribution in [-0.4, -0.2) is 26.9 Å². The molecule has 4 rings (SSSR count). The Balaban J connectivity index is 1.73. The third-order valence-corrected chi connectivity index (χ3v) is 5.13. The van der Waals surface area contributed by atoms with Crippen molar-refractivity contribution < 1.29 is 19.8 Å². The van der Waals surface area contributed by atoms with Crippen LogP contribution in [0.2, 0.25) is 0 Å². The number of rotatable bonds is 6. The zero-order chi connectivity index (χ0) is 21.1. The molecule has 1 amide bonds. The van der Waals surface area contributed by atoms with Crippen molar-refractivity contribution in [1.29, 1.82) is 0 Å². The van der Waals surface area contributed by atoms with E-state index < -0.39 is 17.7 Å². The molecule has 6 nitrogen and oxygen atoms in total. The number of aliphatic hydroxyl groups excluding tert-OH is 1. The highest BCUT2D eigenvalue weighted by Crippen LogP contribution is 2.43. The fourth-order valence-electron chi connectivity index (χ4n) is 3.70. The minimum Gasteiger partial charge on any atom is -0.506 e. The summed E-state index contributed by atoms with van der Waals surface area (Å²) >= 11 is 0. The molecule has 1 aromatic heterocycles. The van der Waals surface area contributed by atoms with Crippen LogP contribution in [-0.2, 0) is 16.0 Å². The molecule has 0 fully saturated rings. The number of phenols is 1. The number of amides is 1. The molecule has 0 saturated carbocycles. The summed E-state index contributed by atoms with van der Waals surface area (Å²) in [5.74, 6) is -1.76. The van der Waals surface area contributed by atoms with Gasteiger partial charge >= 0.3 is 0 Å². The number of carbonyl (C=O) groups excluding carboxylic acids is 2. The van der Waals surface area contributed by atoms with Gasteiger partial charge in [0.05, 0.1) is 17.3 Å². The van der Waals surface area contributed by atoms with Crippen LogP contribution in [0.25, 0.3) is 0 Å². The van der Waals surface area contributed by atoms with Crippen molar-refractivity contribution in [2.75, 3.05) is 4.90 Å². The fourth-order valence-corrected chi connectivity index (χ4v) is 3.70. The first-order valence-electron chi connectivity index (χ1n) is 9.59. The van der Waals surface area contributed by atoms with Crippen LogP contribution in [0.1, 0.15) is 23.6 Å². The Morgan fingerprint density at radius 2 is 1.70 bits per heavy atom. The molecule has 2 aromatic carbocycles. The summed E-state index contributed by atoms with van der Waals surface area (Å²) in [7, 11) is 0. The van der Waals surface area contributed by atoms with Gasteiger partial charge in [0.2, 0.25) is 0 Å². The van der Waals surface area contributed by atoms with E-state index in [0.29, 0.717) is 12.0 Å². The number of Topliss-reactive ketones (excluding diaryl/α,β-unsaturated/α-hetero) is 1. The van der Waals surface area contributed by atoms with E-state index in [1.54, 1.807) is 42.7 Å². The maximum atomic E-state index is 13.1. The summed E-state index contributed by atoms with van der Waals surface area (Å²) in [6, 6.07) is 18.4. The number of carbonyl (C=O) groups is 2. The van der Waals surface area contributed by atoms with E-state index in [1.807, 2.05) is 30.3 Å². The number of aromatic hydroxyl groups is 1. The summed E-state index contributed by atoms with van der Waals surface area (Å²) < 4.78 is 0. The van der Waals surface area contributed by atoms with Crippen molar-refractivity contribution in [3.05, 3.63) is 102 Å². The third-order valence-electron chi connectivity index (χ3n) is 5.13. The molecular weight excluding hydrogens is 380 g/mol. The summed E-state index contributed by atoms with van der Waals surface area (Å²) in [6.45, 7) is 0. The Hall–Kier alpha value is -3.93. The van der Waals surface area contributed by atoms with E-state index in [2.05, 4.69) is 4.98 Å². The number of aryl methyl sites for hydroxylation is 1. The molecule has 0 aliphatic carbocycles. The number of hydrogen-bond acceptors (Lipinski definition) is 5. The Morgan fingerprint density at radius 3 is 2.40 bits per heavy atom. The van der Waals surface area contributed by atoms with Crippen LogP contribution >= 0.6 is 0 Å². The quantitative estimate of drug-likeness (QED) is 0.655. The molecule has 0 saturated heterocycles. The van der Waals surface area contributed by atoms with Crippen LogP contribution in [0.4, 0.5) is 5.69 Å². The molecule has 1 unspecified atom stereocenters. The maximum Gasteiger partial charge on any atom is 0.294 e. The summed E-state index contributed by atoms with van der Waals surface area (Å²) in [4.78, 5) is 31.5. The number of aliphatic hydroxyl groups is 1. The van der Waals surface area contributed by atoms with Gasteiger partial charge in [-0.05, 0) is 35.7 Å². The smallest absolute Gasteiger partial charge is 0.294 e. The molecule has 0 spiro atoms. The number of phenolic OH excluding ortho intramolecular Hbond substituents is 1. The monoisotopic (exact) mass is 400 g/mol. The number of hydrogen-bond donors (Lipinski definition) is 2. The van der Waals surface area contributed by atoms with Gasteiger partial charge in [0.1, 0.15) is 5.75 Å². The van der Waals surface area contributed by atoms with Crippen molar-refractivity contribution in [3.8, 4) is 5.75 Å². The van der Waals surface area contributed by atoms with E-state index in [0.717, 1.165) is 5.56 Å². The number of pyridine rings is 1. The van der Waals surface area contributed by atoms with Gasteiger partial charge in [-0.2, -0.15) is 0 Å². The molecule has 30 heavy (non-hydrogen) atoms. The lowest BCUT2D eigenvalue weighted by atomic mass is 9.94.